The zero-order valence-electron chi connectivity index (χ0n) is 12.6. The van der Waals surface area contributed by atoms with Crippen molar-refractivity contribution in [2.24, 2.45) is 0 Å². The summed E-state index contributed by atoms with van der Waals surface area (Å²) in [4.78, 5) is 31.8. The molecule has 2 aromatic rings. The summed E-state index contributed by atoms with van der Waals surface area (Å²) in [5.41, 5.74) is 6.60. The van der Waals surface area contributed by atoms with E-state index in [1.54, 1.807) is 24.3 Å². The first kappa shape index (κ1) is 18.4. The van der Waals surface area contributed by atoms with Crippen LogP contribution < -0.4 is 11.1 Å². The van der Waals surface area contributed by atoms with Crippen LogP contribution in [-0.4, -0.2) is 28.1 Å². The maximum Gasteiger partial charge on any atom is 0.335 e. The van der Waals surface area contributed by atoms with Gasteiger partial charge in [0.25, 0.3) is 0 Å². The number of carboxylic acid groups (broad SMARTS) is 2. The normalized spacial score (nSPS) is 9.17. The third-order valence-electron chi connectivity index (χ3n) is 2.70. The van der Waals surface area contributed by atoms with Gasteiger partial charge in [-0.1, -0.05) is 18.7 Å². The van der Waals surface area contributed by atoms with Gasteiger partial charge >= 0.3 is 11.9 Å². The Morgan fingerprint density at radius 1 is 0.958 bits per heavy atom. The number of carbonyl (C=O) groups excluding carboxylic acids is 1. The molecule has 0 bridgehead atoms. The van der Waals surface area contributed by atoms with Crippen LogP contribution in [0.5, 0.6) is 0 Å². The Balaban J connectivity index is 0.000000254. The highest BCUT2D eigenvalue weighted by Crippen LogP contribution is 2.10. The van der Waals surface area contributed by atoms with E-state index in [9.17, 15) is 14.4 Å². The van der Waals surface area contributed by atoms with E-state index in [0.717, 1.165) is 6.08 Å². The van der Waals surface area contributed by atoms with Crippen LogP contribution >= 0.6 is 0 Å². The zero-order valence-corrected chi connectivity index (χ0v) is 12.6. The van der Waals surface area contributed by atoms with Gasteiger partial charge in [-0.15, -0.1) is 0 Å². The maximum absolute atomic E-state index is 10.9. The minimum absolute atomic E-state index is 0.131. The lowest BCUT2D eigenvalue weighted by atomic mass is 10.2. The van der Waals surface area contributed by atoms with E-state index in [4.69, 9.17) is 15.9 Å². The summed E-state index contributed by atoms with van der Waals surface area (Å²) in [6, 6.07) is 12.2. The van der Waals surface area contributed by atoms with Crippen molar-refractivity contribution in [3.63, 3.8) is 0 Å². The zero-order chi connectivity index (χ0) is 18.1. The van der Waals surface area contributed by atoms with Crippen LogP contribution in [0, 0.1) is 0 Å². The van der Waals surface area contributed by atoms with Gasteiger partial charge in [-0.25, -0.2) is 9.59 Å². The van der Waals surface area contributed by atoms with Gasteiger partial charge < -0.3 is 21.3 Å². The van der Waals surface area contributed by atoms with Crippen LogP contribution in [0.4, 0.5) is 11.4 Å². The molecule has 0 fully saturated rings. The van der Waals surface area contributed by atoms with Crippen molar-refractivity contribution in [2.75, 3.05) is 11.1 Å². The summed E-state index contributed by atoms with van der Waals surface area (Å²) in [6.07, 6.45) is 1.12. The lowest BCUT2D eigenvalue weighted by molar-refractivity contribution is -0.111. The minimum Gasteiger partial charge on any atom is -0.478 e. The number of hydrogen-bond acceptors (Lipinski definition) is 4. The third-order valence-corrected chi connectivity index (χ3v) is 2.70. The molecule has 1 amide bonds. The molecule has 0 radical (unpaired) electrons. The fourth-order valence-corrected chi connectivity index (χ4v) is 1.59. The second-order valence-electron chi connectivity index (χ2n) is 4.51. The van der Waals surface area contributed by atoms with Crippen molar-refractivity contribution in [2.45, 2.75) is 0 Å². The van der Waals surface area contributed by atoms with E-state index < -0.39 is 11.9 Å². The van der Waals surface area contributed by atoms with Crippen molar-refractivity contribution >= 4 is 29.2 Å². The number of anilines is 2. The van der Waals surface area contributed by atoms with E-state index >= 15 is 0 Å². The van der Waals surface area contributed by atoms with Gasteiger partial charge in [0.1, 0.15) is 0 Å². The number of amides is 1. The molecular formula is C17H16N2O5. The Kier molecular flexibility index (Phi) is 6.72. The van der Waals surface area contributed by atoms with Gasteiger partial charge in [-0.3, -0.25) is 4.79 Å². The molecule has 0 heterocycles. The number of rotatable bonds is 4. The van der Waals surface area contributed by atoms with Crippen LogP contribution in [0.15, 0.2) is 61.2 Å². The van der Waals surface area contributed by atoms with Crippen LogP contribution in [0.1, 0.15) is 20.7 Å². The molecule has 5 N–H and O–H groups in total. The molecule has 0 aliphatic heterocycles. The summed E-state index contributed by atoms with van der Waals surface area (Å²) >= 11 is 0. The molecule has 0 aliphatic carbocycles. The molecular weight excluding hydrogens is 312 g/mol. The molecule has 0 spiro atoms. The lowest BCUT2D eigenvalue weighted by Crippen LogP contribution is -2.08. The van der Waals surface area contributed by atoms with E-state index in [0.29, 0.717) is 11.4 Å². The highest BCUT2D eigenvalue weighted by atomic mass is 16.4. The minimum atomic E-state index is -1.03. The molecule has 0 aliphatic rings. The summed E-state index contributed by atoms with van der Waals surface area (Å²) < 4.78 is 0. The topological polar surface area (TPSA) is 130 Å². The van der Waals surface area contributed by atoms with E-state index in [-0.39, 0.29) is 17.0 Å². The molecule has 2 aromatic carbocycles. The van der Waals surface area contributed by atoms with Crippen molar-refractivity contribution in [3.05, 3.63) is 72.3 Å². The van der Waals surface area contributed by atoms with Crippen molar-refractivity contribution in [1.82, 2.24) is 0 Å². The Morgan fingerprint density at radius 2 is 1.50 bits per heavy atom. The number of nitrogens with one attached hydrogen (secondary N) is 1. The van der Waals surface area contributed by atoms with Crippen molar-refractivity contribution in [1.29, 1.82) is 0 Å². The molecule has 124 valence electrons. The molecule has 7 nitrogen and oxygen atoms in total. The molecule has 2 rings (SSSR count). The second-order valence-corrected chi connectivity index (χ2v) is 4.51. The predicted octanol–water partition coefficient (Wildman–Crippen LogP) is 2.48. The standard InChI is InChI=1S/C10H9NO3.C7H7NO2/c1-2-9(12)11-8-5-3-4-7(6-8)10(13)14;8-6-3-1-2-5(4-6)7(9)10/h2-6H,1H2,(H,11,12)(H,13,14);1-4H,8H2,(H,9,10). The Labute approximate surface area is 138 Å². The molecule has 0 atom stereocenters. The van der Waals surface area contributed by atoms with Crippen LogP contribution in [0.3, 0.4) is 0 Å². The second kappa shape index (κ2) is 8.74. The highest BCUT2D eigenvalue weighted by molar-refractivity contribution is 5.99. The summed E-state index contributed by atoms with van der Waals surface area (Å²) in [6.45, 7) is 3.29. The Morgan fingerprint density at radius 3 is 1.96 bits per heavy atom. The summed E-state index contributed by atoms with van der Waals surface area (Å²) in [7, 11) is 0. The molecule has 0 unspecified atom stereocenters. The Hall–Kier alpha value is -3.61. The third kappa shape index (κ3) is 6.02. The number of nitrogen functional groups attached to an aromatic ring is 1. The number of nitrogens with two attached hydrogens (primary N) is 1. The van der Waals surface area contributed by atoms with Gasteiger partial charge in [0.2, 0.25) is 5.91 Å². The average molecular weight is 328 g/mol. The first-order valence-corrected chi connectivity index (χ1v) is 6.69. The van der Waals surface area contributed by atoms with Crippen LogP contribution in [0.2, 0.25) is 0 Å². The van der Waals surface area contributed by atoms with Crippen LogP contribution in [0.25, 0.3) is 0 Å². The van der Waals surface area contributed by atoms with Gasteiger partial charge in [0, 0.05) is 11.4 Å². The van der Waals surface area contributed by atoms with E-state index in [1.165, 1.54) is 24.3 Å². The largest absolute Gasteiger partial charge is 0.478 e. The number of carbonyl (C=O) groups is 3. The smallest absolute Gasteiger partial charge is 0.335 e. The SMILES string of the molecule is C=CC(=O)Nc1cccc(C(=O)O)c1.Nc1cccc(C(=O)O)c1. The Bertz CT molecular complexity index is 771. The molecule has 0 saturated heterocycles. The molecule has 7 heteroatoms. The maximum atomic E-state index is 10.9. The number of aromatic carboxylic acids is 2. The number of carboxylic acids is 2. The fourth-order valence-electron chi connectivity index (χ4n) is 1.59. The first-order valence-electron chi connectivity index (χ1n) is 6.69. The molecule has 0 saturated carbocycles. The van der Waals surface area contributed by atoms with Crippen LogP contribution in [-0.2, 0) is 4.79 Å². The molecule has 24 heavy (non-hydrogen) atoms. The summed E-state index contributed by atoms with van der Waals surface area (Å²) in [5.74, 6) is -2.35. The predicted molar refractivity (Wildman–Crippen MR) is 90.0 cm³/mol. The average Bonchev–Trinajstić information content (AvgIpc) is 2.55. The number of hydrogen-bond donors (Lipinski definition) is 4. The van der Waals surface area contributed by atoms with Crippen molar-refractivity contribution < 1.29 is 24.6 Å². The fraction of sp³-hybridized carbons (Fsp3) is 0. The van der Waals surface area contributed by atoms with E-state index in [2.05, 4.69) is 11.9 Å². The summed E-state index contributed by atoms with van der Waals surface area (Å²) in [5, 5.41) is 19.6. The van der Waals surface area contributed by atoms with Gasteiger partial charge in [0.15, 0.2) is 0 Å². The van der Waals surface area contributed by atoms with E-state index in [1.807, 2.05) is 0 Å². The van der Waals surface area contributed by atoms with Crippen molar-refractivity contribution in [3.8, 4) is 0 Å². The molecule has 0 aromatic heterocycles. The lowest BCUT2D eigenvalue weighted by Gasteiger charge is -2.02. The first-order chi connectivity index (χ1) is 11.3. The monoisotopic (exact) mass is 328 g/mol. The highest BCUT2D eigenvalue weighted by Gasteiger charge is 2.03. The van der Waals surface area contributed by atoms with Gasteiger partial charge in [-0.2, -0.15) is 0 Å². The van der Waals surface area contributed by atoms with Gasteiger partial charge in [-0.05, 0) is 42.5 Å². The number of benzene rings is 2. The quantitative estimate of drug-likeness (QED) is 0.504. The van der Waals surface area contributed by atoms with Gasteiger partial charge in [0.05, 0.1) is 11.1 Å².